The van der Waals surface area contributed by atoms with Crippen molar-refractivity contribution in [3.63, 3.8) is 0 Å². The van der Waals surface area contributed by atoms with Gasteiger partial charge in [0.05, 0.1) is 12.6 Å². The highest BCUT2D eigenvalue weighted by molar-refractivity contribution is 5.82. The normalized spacial score (nSPS) is 30.3. The Morgan fingerprint density at radius 3 is 2.94 bits per heavy atom. The molecule has 1 N–H and O–H groups in total. The average Bonchev–Trinajstić information content (AvgIpc) is 2.40. The molecule has 4 heteroatoms. The minimum absolute atomic E-state index is 0.0741. The van der Waals surface area contributed by atoms with Gasteiger partial charge in [-0.2, -0.15) is 0 Å². The van der Waals surface area contributed by atoms with Gasteiger partial charge in [0.25, 0.3) is 0 Å². The first-order chi connectivity index (χ1) is 8.31. The van der Waals surface area contributed by atoms with Gasteiger partial charge in [-0.15, -0.1) is 0 Å². The van der Waals surface area contributed by atoms with Crippen LogP contribution in [-0.2, 0) is 9.53 Å². The van der Waals surface area contributed by atoms with E-state index in [0.29, 0.717) is 11.8 Å². The van der Waals surface area contributed by atoms with Crippen molar-refractivity contribution in [1.29, 1.82) is 0 Å². The van der Waals surface area contributed by atoms with Crippen LogP contribution in [0.2, 0.25) is 0 Å². The number of hydrogen-bond acceptors (Lipinski definition) is 3. The summed E-state index contributed by atoms with van der Waals surface area (Å²) in [5.74, 6) is 0.840. The Bertz CT molecular complexity index is 250. The van der Waals surface area contributed by atoms with E-state index in [4.69, 9.17) is 4.74 Å². The molecule has 2 rings (SSSR count). The van der Waals surface area contributed by atoms with Crippen molar-refractivity contribution in [3.05, 3.63) is 0 Å². The molecular weight excluding hydrogens is 216 g/mol. The molecule has 2 fully saturated rings. The van der Waals surface area contributed by atoms with Gasteiger partial charge in [0.1, 0.15) is 0 Å². The molecule has 0 aromatic carbocycles. The van der Waals surface area contributed by atoms with Crippen molar-refractivity contribution in [3.8, 4) is 0 Å². The molecule has 0 spiro atoms. The molecule has 98 valence electrons. The van der Waals surface area contributed by atoms with E-state index in [1.807, 2.05) is 4.90 Å². The van der Waals surface area contributed by atoms with Crippen LogP contribution in [0.25, 0.3) is 0 Å². The quantitative estimate of drug-likeness (QED) is 0.800. The molecule has 1 unspecified atom stereocenters. The molecule has 2 aliphatic heterocycles. The minimum Gasteiger partial charge on any atom is -0.384 e. The first-order valence-electron chi connectivity index (χ1n) is 6.82. The van der Waals surface area contributed by atoms with Crippen LogP contribution in [0.15, 0.2) is 0 Å². The van der Waals surface area contributed by atoms with Gasteiger partial charge in [0, 0.05) is 20.2 Å². The van der Waals surface area contributed by atoms with Crippen LogP contribution >= 0.6 is 0 Å². The second-order valence-electron chi connectivity index (χ2n) is 5.25. The van der Waals surface area contributed by atoms with E-state index in [2.05, 4.69) is 5.32 Å². The van der Waals surface area contributed by atoms with E-state index in [0.717, 1.165) is 39.1 Å². The Kier molecular flexibility index (Phi) is 4.80. The molecule has 17 heavy (non-hydrogen) atoms. The minimum atomic E-state index is 0.0741. The van der Waals surface area contributed by atoms with Crippen molar-refractivity contribution >= 4 is 5.91 Å². The molecule has 2 atom stereocenters. The lowest BCUT2D eigenvalue weighted by Crippen LogP contribution is -2.51. The van der Waals surface area contributed by atoms with Crippen LogP contribution < -0.4 is 5.32 Å². The van der Waals surface area contributed by atoms with Gasteiger partial charge in [-0.3, -0.25) is 4.79 Å². The van der Waals surface area contributed by atoms with E-state index >= 15 is 0 Å². The number of nitrogens with one attached hydrogen (secondary N) is 1. The third kappa shape index (κ3) is 3.42. The van der Waals surface area contributed by atoms with E-state index in [9.17, 15) is 4.79 Å². The maximum absolute atomic E-state index is 12.3. The Morgan fingerprint density at radius 1 is 1.35 bits per heavy atom. The zero-order valence-corrected chi connectivity index (χ0v) is 10.8. The second-order valence-corrected chi connectivity index (χ2v) is 5.25. The molecule has 0 aliphatic carbocycles. The fraction of sp³-hybridized carbons (Fsp3) is 0.923. The molecule has 0 aromatic rings. The molecule has 2 saturated heterocycles. The Hall–Kier alpha value is -0.610. The van der Waals surface area contributed by atoms with Crippen LogP contribution in [0.3, 0.4) is 0 Å². The number of rotatable bonds is 3. The monoisotopic (exact) mass is 240 g/mol. The van der Waals surface area contributed by atoms with Crippen molar-refractivity contribution in [2.75, 3.05) is 33.4 Å². The third-order valence-electron chi connectivity index (χ3n) is 3.84. The summed E-state index contributed by atoms with van der Waals surface area (Å²) < 4.78 is 5.20. The third-order valence-corrected chi connectivity index (χ3v) is 3.84. The van der Waals surface area contributed by atoms with Gasteiger partial charge < -0.3 is 15.0 Å². The highest BCUT2D eigenvalue weighted by atomic mass is 16.5. The molecule has 4 nitrogen and oxygen atoms in total. The summed E-state index contributed by atoms with van der Waals surface area (Å²) in [5, 5.41) is 3.34. The summed E-state index contributed by atoms with van der Waals surface area (Å²) >= 11 is 0. The van der Waals surface area contributed by atoms with Gasteiger partial charge in [0.2, 0.25) is 5.91 Å². The number of piperidine rings is 2. The number of hydrogen-bond donors (Lipinski definition) is 1. The molecule has 0 bridgehead atoms. The number of carbonyl (C=O) groups excluding carboxylic acids is 1. The van der Waals surface area contributed by atoms with Crippen LogP contribution in [0.5, 0.6) is 0 Å². The molecule has 0 saturated carbocycles. The summed E-state index contributed by atoms with van der Waals surface area (Å²) in [7, 11) is 1.74. The lowest BCUT2D eigenvalue weighted by atomic mass is 9.97. The highest BCUT2D eigenvalue weighted by Gasteiger charge is 2.29. The predicted octanol–water partition coefficient (Wildman–Crippen LogP) is 1.01. The first kappa shape index (κ1) is 12.8. The van der Waals surface area contributed by atoms with Gasteiger partial charge in [-0.25, -0.2) is 0 Å². The Morgan fingerprint density at radius 2 is 2.24 bits per heavy atom. The fourth-order valence-corrected chi connectivity index (χ4v) is 2.92. The first-order valence-corrected chi connectivity index (χ1v) is 6.82. The van der Waals surface area contributed by atoms with Crippen molar-refractivity contribution in [1.82, 2.24) is 10.2 Å². The largest absolute Gasteiger partial charge is 0.384 e. The maximum atomic E-state index is 12.3. The number of methoxy groups -OCH3 is 1. The van der Waals surface area contributed by atoms with Gasteiger partial charge >= 0.3 is 0 Å². The van der Waals surface area contributed by atoms with Crippen molar-refractivity contribution in [2.45, 2.75) is 38.1 Å². The van der Waals surface area contributed by atoms with Gasteiger partial charge in [-0.05, 0) is 38.1 Å². The van der Waals surface area contributed by atoms with Crippen LogP contribution in [0, 0.1) is 5.92 Å². The summed E-state index contributed by atoms with van der Waals surface area (Å²) in [5.41, 5.74) is 0. The van der Waals surface area contributed by atoms with E-state index in [1.54, 1.807) is 7.11 Å². The van der Waals surface area contributed by atoms with E-state index < -0.39 is 0 Å². The number of likely N-dealkylation sites (tertiary alicyclic amines) is 1. The van der Waals surface area contributed by atoms with Crippen molar-refractivity contribution in [2.24, 2.45) is 5.92 Å². The SMILES string of the molecule is COCC1CCCN(C(=O)[C@@H]2CCCCN2)C1. The van der Waals surface area contributed by atoms with E-state index in [-0.39, 0.29) is 6.04 Å². The topological polar surface area (TPSA) is 41.6 Å². The molecule has 0 aromatic heterocycles. The average molecular weight is 240 g/mol. The lowest BCUT2D eigenvalue weighted by molar-refractivity contribution is -0.136. The fourth-order valence-electron chi connectivity index (χ4n) is 2.92. The van der Waals surface area contributed by atoms with E-state index in [1.165, 1.54) is 19.3 Å². The smallest absolute Gasteiger partial charge is 0.239 e. The maximum Gasteiger partial charge on any atom is 0.239 e. The summed E-state index contributed by atoms with van der Waals surface area (Å²) in [6.07, 6.45) is 5.70. The summed E-state index contributed by atoms with van der Waals surface area (Å²) in [6.45, 7) is 3.58. The van der Waals surface area contributed by atoms with Crippen molar-refractivity contribution < 1.29 is 9.53 Å². The highest BCUT2D eigenvalue weighted by Crippen LogP contribution is 2.19. The van der Waals surface area contributed by atoms with Crippen LogP contribution in [0.4, 0.5) is 0 Å². The van der Waals surface area contributed by atoms with Gasteiger partial charge in [0.15, 0.2) is 0 Å². The second kappa shape index (κ2) is 6.36. The zero-order valence-electron chi connectivity index (χ0n) is 10.8. The number of nitrogens with zero attached hydrogens (tertiary/aromatic N) is 1. The molecule has 1 amide bonds. The van der Waals surface area contributed by atoms with Gasteiger partial charge in [-0.1, -0.05) is 6.42 Å². The molecular formula is C13H24N2O2. The van der Waals surface area contributed by atoms with Crippen LogP contribution in [0.1, 0.15) is 32.1 Å². The summed E-state index contributed by atoms with van der Waals surface area (Å²) in [6, 6.07) is 0.0741. The Labute approximate surface area is 104 Å². The molecule has 0 radical (unpaired) electrons. The predicted molar refractivity (Wildman–Crippen MR) is 66.8 cm³/mol. The number of carbonyl (C=O) groups is 1. The lowest BCUT2D eigenvalue weighted by Gasteiger charge is -2.35. The molecule has 2 heterocycles. The van der Waals surface area contributed by atoms with Crippen LogP contribution in [-0.4, -0.2) is 50.2 Å². The standard InChI is InChI=1S/C13H24N2O2/c1-17-10-11-5-4-8-15(9-11)13(16)12-6-2-3-7-14-12/h11-12,14H,2-10H2,1H3/t11?,12-/m0/s1. The summed E-state index contributed by atoms with van der Waals surface area (Å²) in [4.78, 5) is 14.4. The molecule has 2 aliphatic rings. The number of amides is 1. The zero-order chi connectivity index (χ0) is 12.1. The Balaban J connectivity index is 1.85. The number of ether oxygens (including phenoxy) is 1.